The first-order valence-electron chi connectivity index (χ1n) is 7.99. The van der Waals surface area contributed by atoms with Crippen molar-refractivity contribution in [2.45, 2.75) is 26.2 Å². The number of anilines is 1. The average molecular weight is 337 g/mol. The lowest BCUT2D eigenvalue weighted by atomic mass is 10.1. The largest absolute Gasteiger partial charge is 0.326 e. The molecule has 1 N–H and O–H groups in total. The van der Waals surface area contributed by atoms with Crippen LogP contribution in [0.5, 0.6) is 0 Å². The Labute approximate surface area is 145 Å². The van der Waals surface area contributed by atoms with Gasteiger partial charge in [-0.1, -0.05) is 25.1 Å². The minimum absolute atomic E-state index is 0.0524. The molecule has 24 heavy (non-hydrogen) atoms. The number of carbonyl (C=O) groups is 1. The highest BCUT2D eigenvalue weighted by molar-refractivity contribution is 7.10. The summed E-state index contributed by atoms with van der Waals surface area (Å²) in [6.07, 6.45) is 3.94. The summed E-state index contributed by atoms with van der Waals surface area (Å²) >= 11 is 1.64. The van der Waals surface area contributed by atoms with Gasteiger partial charge in [-0.15, -0.1) is 11.3 Å². The van der Waals surface area contributed by atoms with Gasteiger partial charge >= 0.3 is 0 Å². The summed E-state index contributed by atoms with van der Waals surface area (Å²) in [6.45, 7) is 1.99. The van der Waals surface area contributed by atoms with Crippen LogP contribution in [0.3, 0.4) is 0 Å². The van der Waals surface area contributed by atoms with Crippen molar-refractivity contribution in [1.82, 2.24) is 9.97 Å². The van der Waals surface area contributed by atoms with E-state index in [0.29, 0.717) is 6.42 Å². The van der Waals surface area contributed by atoms with Crippen LogP contribution in [0, 0.1) is 0 Å². The molecule has 0 atom stereocenters. The summed E-state index contributed by atoms with van der Waals surface area (Å²) in [6, 6.07) is 13.7. The van der Waals surface area contributed by atoms with Gasteiger partial charge < -0.3 is 5.32 Å². The second-order valence-electron chi connectivity index (χ2n) is 5.50. The minimum atomic E-state index is 0.0524. The van der Waals surface area contributed by atoms with Gasteiger partial charge in [0, 0.05) is 41.4 Å². The molecule has 0 saturated carbocycles. The number of thiazole rings is 1. The van der Waals surface area contributed by atoms with Crippen LogP contribution < -0.4 is 5.32 Å². The molecule has 122 valence electrons. The maximum absolute atomic E-state index is 11.6. The van der Waals surface area contributed by atoms with Gasteiger partial charge in [-0.05, 0) is 30.7 Å². The molecule has 0 aliphatic heterocycles. The highest BCUT2D eigenvalue weighted by Crippen LogP contribution is 2.24. The van der Waals surface area contributed by atoms with Gasteiger partial charge in [-0.2, -0.15) is 0 Å². The van der Waals surface area contributed by atoms with E-state index in [1.54, 1.807) is 17.5 Å². The van der Waals surface area contributed by atoms with Crippen LogP contribution in [0.1, 0.15) is 30.5 Å². The molecule has 0 aliphatic rings. The van der Waals surface area contributed by atoms with Crippen molar-refractivity contribution in [2.24, 2.45) is 0 Å². The van der Waals surface area contributed by atoms with Crippen LogP contribution in [0.2, 0.25) is 0 Å². The van der Waals surface area contributed by atoms with Crippen LogP contribution in [-0.4, -0.2) is 15.9 Å². The van der Waals surface area contributed by atoms with E-state index in [1.807, 2.05) is 49.4 Å². The first kappa shape index (κ1) is 16.3. The average Bonchev–Trinajstić information content (AvgIpc) is 3.05. The highest BCUT2D eigenvalue weighted by atomic mass is 32.1. The van der Waals surface area contributed by atoms with Crippen LogP contribution in [0.15, 0.2) is 54.0 Å². The van der Waals surface area contributed by atoms with Gasteiger partial charge in [0.25, 0.3) is 0 Å². The second-order valence-corrected chi connectivity index (χ2v) is 6.44. The lowest BCUT2D eigenvalue weighted by molar-refractivity contribution is -0.116. The summed E-state index contributed by atoms with van der Waals surface area (Å²) < 4.78 is 0. The molecule has 0 bridgehead atoms. The van der Waals surface area contributed by atoms with Crippen molar-refractivity contribution in [3.8, 4) is 11.3 Å². The summed E-state index contributed by atoms with van der Waals surface area (Å²) in [7, 11) is 0. The van der Waals surface area contributed by atoms with E-state index in [9.17, 15) is 4.79 Å². The van der Waals surface area contributed by atoms with Crippen molar-refractivity contribution >= 4 is 22.9 Å². The number of aromatic nitrogens is 2. The third-order valence-electron chi connectivity index (χ3n) is 3.55. The number of hydrogen-bond donors (Lipinski definition) is 1. The fourth-order valence-corrected chi connectivity index (χ4v) is 3.18. The molecule has 0 radical (unpaired) electrons. The zero-order chi connectivity index (χ0) is 16.8. The molecule has 0 fully saturated rings. The molecule has 3 aromatic rings. The van der Waals surface area contributed by atoms with Gasteiger partial charge in [0.15, 0.2) is 0 Å². The van der Waals surface area contributed by atoms with Crippen molar-refractivity contribution in [2.75, 3.05) is 5.32 Å². The number of nitrogens with zero attached hydrogens (tertiary/aromatic N) is 2. The Morgan fingerprint density at radius 2 is 2.00 bits per heavy atom. The topological polar surface area (TPSA) is 54.9 Å². The SMILES string of the molecule is CCCC(=O)Nc1ccc(-c2csc(Cc3ccccn3)n2)cc1. The lowest BCUT2D eigenvalue weighted by Crippen LogP contribution is -2.10. The predicted molar refractivity (Wildman–Crippen MR) is 98.1 cm³/mol. The number of hydrogen-bond acceptors (Lipinski definition) is 4. The first-order valence-corrected chi connectivity index (χ1v) is 8.87. The van der Waals surface area contributed by atoms with Crippen LogP contribution >= 0.6 is 11.3 Å². The van der Waals surface area contributed by atoms with Crippen molar-refractivity contribution < 1.29 is 4.79 Å². The molecule has 0 aliphatic carbocycles. The molecular formula is C19H19N3OS. The van der Waals surface area contributed by atoms with Crippen LogP contribution in [-0.2, 0) is 11.2 Å². The molecule has 5 heteroatoms. The smallest absolute Gasteiger partial charge is 0.224 e. The maximum Gasteiger partial charge on any atom is 0.224 e. The number of benzene rings is 1. The quantitative estimate of drug-likeness (QED) is 0.719. The second kappa shape index (κ2) is 7.84. The summed E-state index contributed by atoms with van der Waals surface area (Å²) in [5.74, 6) is 0.0524. The third kappa shape index (κ3) is 4.26. The number of rotatable bonds is 6. The van der Waals surface area contributed by atoms with Gasteiger partial charge in [0.1, 0.15) is 0 Å². The van der Waals surface area contributed by atoms with E-state index in [1.165, 1.54) is 0 Å². The van der Waals surface area contributed by atoms with E-state index in [-0.39, 0.29) is 5.91 Å². The number of nitrogens with one attached hydrogen (secondary N) is 1. The molecule has 0 unspecified atom stereocenters. The third-order valence-corrected chi connectivity index (χ3v) is 4.40. The van der Waals surface area contributed by atoms with Crippen LogP contribution in [0.25, 0.3) is 11.3 Å². The van der Waals surface area contributed by atoms with E-state index >= 15 is 0 Å². The molecule has 2 heterocycles. The highest BCUT2D eigenvalue weighted by Gasteiger charge is 2.07. The normalized spacial score (nSPS) is 10.5. The van der Waals surface area contributed by atoms with Gasteiger partial charge in [-0.3, -0.25) is 9.78 Å². The fourth-order valence-electron chi connectivity index (χ4n) is 2.36. The first-order chi connectivity index (χ1) is 11.7. The molecular weight excluding hydrogens is 318 g/mol. The molecule has 2 aromatic heterocycles. The fraction of sp³-hybridized carbons (Fsp3) is 0.211. The summed E-state index contributed by atoms with van der Waals surface area (Å²) in [5.41, 5.74) is 3.85. The Morgan fingerprint density at radius 1 is 1.17 bits per heavy atom. The molecule has 3 rings (SSSR count). The number of amides is 1. The molecule has 1 aromatic carbocycles. The number of pyridine rings is 1. The Kier molecular flexibility index (Phi) is 5.33. The van der Waals surface area contributed by atoms with Crippen molar-refractivity contribution in [1.29, 1.82) is 0 Å². The van der Waals surface area contributed by atoms with Gasteiger partial charge in [0.2, 0.25) is 5.91 Å². The van der Waals surface area contributed by atoms with Gasteiger partial charge in [-0.25, -0.2) is 4.98 Å². The molecule has 1 amide bonds. The Morgan fingerprint density at radius 3 is 2.71 bits per heavy atom. The Bertz CT molecular complexity index is 797. The van der Waals surface area contributed by atoms with E-state index < -0.39 is 0 Å². The lowest BCUT2D eigenvalue weighted by Gasteiger charge is -2.05. The van der Waals surface area contributed by atoms with Crippen molar-refractivity contribution in [3.63, 3.8) is 0 Å². The van der Waals surface area contributed by atoms with E-state index in [0.717, 1.165) is 40.5 Å². The standard InChI is InChI=1S/C19H19N3OS/c1-2-5-18(23)21-15-9-7-14(8-10-15)17-13-24-19(22-17)12-16-6-3-4-11-20-16/h3-4,6-11,13H,2,5,12H2,1H3,(H,21,23). The molecule has 0 spiro atoms. The Hall–Kier alpha value is -2.53. The minimum Gasteiger partial charge on any atom is -0.326 e. The Balaban J connectivity index is 1.67. The monoisotopic (exact) mass is 337 g/mol. The maximum atomic E-state index is 11.6. The van der Waals surface area contributed by atoms with Gasteiger partial charge in [0.05, 0.1) is 10.7 Å². The predicted octanol–water partition coefficient (Wildman–Crippen LogP) is 4.53. The molecule has 0 saturated heterocycles. The zero-order valence-corrected chi connectivity index (χ0v) is 14.3. The summed E-state index contributed by atoms with van der Waals surface area (Å²) in [5, 5.41) is 6.00. The van der Waals surface area contributed by atoms with Crippen molar-refractivity contribution in [3.05, 3.63) is 64.7 Å². The van der Waals surface area contributed by atoms with E-state index in [2.05, 4.69) is 20.7 Å². The number of carbonyl (C=O) groups excluding carboxylic acids is 1. The molecule has 4 nitrogen and oxygen atoms in total. The zero-order valence-electron chi connectivity index (χ0n) is 13.5. The van der Waals surface area contributed by atoms with Crippen LogP contribution in [0.4, 0.5) is 5.69 Å². The van der Waals surface area contributed by atoms with E-state index in [4.69, 9.17) is 0 Å². The summed E-state index contributed by atoms with van der Waals surface area (Å²) in [4.78, 5) is 20.6.